The highest BCUT2D eigenvalue weighted by Gasteiger charge is 2.26. The Hall–Kier alpha value is -1.83. The van der Waals surface area contributed by atoms with Crippen molar-refractivity contribution in [3.63, 3.8) is 0 Å². The molecule has 1 N–H and O–H groups in total. The lowest BCUT2D eigenvalue weighted by atomic mass is 9.84. The molecule has 112 valence electrons. The van der Waals surface area contributed by atoms with Crippen LogP contribution >= 0.6 is 0 Å². The topological polar surface area (TPSA) is 24.9 Å². The lowest BCUT2D eigenvalue weighted by Crippen LogP contribution is -2.31. The van der Waals surface area contributed by atoms with Crippen molar-refractivity contribution in [2.75, 3.05) is 5.32 Å². The van der Waals surface area contributed by atoms with Gasteiger partial charge in [-0.3, -0.25) is 4.98 Å². The molecule has 0 aliphatic carbocycles. The van der Waals surface area contributed by atoms with E-state index in [-0.39, 0.29) is 11.0 Å². The third-order valence-electron chi connectivity index (χ3n) is 3.82. The van der Waals surface area contributed by atoms with Gasteiger partial charge in [0.25, 0.3) is 0 Å². The monoisotopic (exact) mass is 282 g/mol. The van der Waals surface area contributed by atoms with E-state index in [0.717, 1.165) is 5.69 Å². The number of hydrogen-bond donors (Lipinski definition) is 1. The molecule has 2 rings (SSSR count). The minimum absolute atomic E-state index is 0.106. The predicted octanol–water partition coefficient (Wildman–Crippen LogP) is 5.03. The predicted molar refractivity (Wildman–Crippen MR) is 90.8 cm³/mol. The lowest BCUT2D eigenvalue weighted by Gasteiger charge is -2.32. The number of rotatable bonds is 3. The zero-order valence-electron chi connectivity index (χ0n) is 14.0. The average Bonchev–Trinajstić information content (AvgIpc) is 2.40. The maximum atomic E-state index is 4.51. The molecule has 0 aliphatic rings. The van der Waals surface area contributed by atoms with Crippen molar-refractivity contribution in [3.8, 4) is 0 Å². The van der Waals surface area contributed by atoms with Crippen LogP contribution in [-0.4, -0.2) is 4.98 Å². The van der Waals surface area contributed by atoms with E-state index >= 15 is 0 Å². The van der Waals surface area contributed by atoms with Crippen molar-refractivity contribution in [1.29, 1.82) is 0 Å². The highest BCUT2D eigenvalue weighted by Crippen LogP contribution is 2.35. The second-order valence-electron chi connectivity index (χ2n) is 7.21. The van der Waals surface area contributed by atoms with Gasteiger partial charge in [-0.25, -0.2) is 0 Å². The van der Waals surface area contributed by atoms with E-state index in [1.165, 1.54) is 16.8 Å². The van der Waals surface area contributed by atoms with Gasteiger partial charge in [0.2, 0.25) is 0 Å². The highest BCUT2D eigenvalue weighted by atomic mass is 15.0. The molecule has 2 heteroatoms. The molecule has 1 heterocycles. The molecule has 0 amide bonds. The van der Waals surface area contributed by atoms with Crippen molar-refractivity contribution in [2.24, 2.45) is 0 Å². The molecule has 0 radical (unpaired) electrons. The first kappa shape index (κ1) is 15.6. The quantitative estimate of drug-likeness (QED) is 0.853. The van der Waals surface area contributed by atoms with Crippen molar-refractivity contribution in [2.45, 2.75) is 52.5 Å². The van der Waals surface area contributed by atoms with E-state index in [1.807, 2.05) is 18.3 Å². The minimum atomic E-state index is -0.215. The first-order valence-electron chi connectivity index (χ1n) is 7.51. The van der Waals surface area contributed by atoms with Gasteiger partial charge in [-0.2, -0.15) is 0 Å². The molecule has 0 atom stereocenters. The first-order chi connectivity index (χ1) is 9.72. The fourth-order valence-electron chi connectivity index (χ4n) is 2.57. The van der Waals surface area contributed by atoms with Crippen molar-refractivity contribution < 1.29 is 0 Å². The molecule has 0 saturated heterocycles. The molecule has 1 aromatic carbocycles. The first-order valence-corrected chi connectivity index (χ1v) is 7.51. The van der Waals surface area contributed by atoms with Crippen LogP contribution in [0.5, 0.6) is 0 Å². The lowest BCUT2D eigenvalue weighted by molar-refractivity contribution is 0.566. The number of hydrogen-bond acceptors (Lipinski definition) is 2. The van der Waals surface area contributed by atoms with Crippen LogP contribution in [0.1, 0.15) is 51.4 Å². The van der Waals surface area contributed by atoms with Crippen LogP contribution in [0.25, 0.3) is 0 Å². The maximum Gasteiger partial charge on any atom is 0.0739 e. The molecule has 0 saturated carbocycles. The second kappa shape index (κ2) is 5.51. The van der Waals surface area contributed by atoms with Gasteiger partial charge < -0.3 is 5.32 Å². The van der Waals surface area contributed by atoms with Gasteiger partial charge in [-0.1, -0.05) is 45.0 Å². The van der Waals surface area contributed by atoms with E-state index in [2.05, 4.69) is 76.1 Å². The fraction of sp³-hybridized carbons (Fsp3) is 0.421. The fourth-order valence-corrected chi connectivity index (χ4v) is 2.57. The molecule has 0 fully saturated rings. The molecule has 0 unspecified atom stereocenters. The second-order valence-corrected chi connectivity index (χ2v) is 7.21. The molecule has 21 heavy (non-hydrogen) atoms. The molecule has 0 aliphatic heterocycles. The summed E-state index contributed by atoms with van der Waals surface area (Å²) in [4.78, 5) is 4.51. The average molecular weight is 282 g/mol. The zero-order chi connectivity index (χ0) is 15.7. The van der Waals surface area contributed by atoms with Gasteiger partial charge >= 0.3 is 0 Å². The van der Waals surface area contributed by atoms with Gasteiger partial charge in [0.1, 0.15) is 0 Å². The largest absolute Gasteiger partial charge is 0.374 e. The van der Waals surface area contributed by atoms with Crippen LogP contribution in [0.3, 0.4) is 0 Å². The minimum Gasteiger partial charge on any atom is -0.374 e. The summed E-state index contributed by atoms with van der Waals surface area (Å²) < 4.78 is 0. The van der Waals surface area contributed by atoms with Gasteiger partial charge in [-0.15, -0.1) is 0 Å². The van der Waals surface area contributed by atoms with E-state index in [9.17, 15) is 0 Å². The molecule has 2 aromatic rings. The summed E-state index contributed by atoms with van der Waals surface area (Å²) in [6.07, 6.45) is 1.85. The van der Waals surface area contributed by atoms with Crippen molar-refractivity contribution in [1.82, 2.24) is 4.98 Å². The number of aromatic nitrogens is 1. The normalized spacial score (nSPS) is 12.3. The molecule has 2 nitrogen and oxygen atoms in total. The van der Waals surface area contributed by atoms with Crippen LogP contribution < -0.4 is 5.32 Å². The molecular weight excluding hydrogens is 256 g/mol. The maximum absolute atomic E-state index is 4.51. The summed E-state index contributed by atoms with van der Waals surface area (Å²) in [7, 11) is 0. The zero-order valence-corrected chi connectivity index (χ0v) is 14.0. The smallest absolute Gasteiger partial charge is 0.0739 e. The number of nitrogens with one attached hydrogen (secondary N) is 1. The van der Waals surface area contributed by atoms with Gasteiger partial charge in [-0.05, 0) is 49.4 Å². The van der Waals surface area contributed by atoms with E-state index in [4.69, 9.17) is 0 Å². The Morgan fingerprint density at radius 2 is 1.62 bits per heavy atom. The third kappa shape index (κ3) is 3.44. The summed E-state index contributed by atoms with van der Waals surface area (Å²) in [5.41, 5.74) is 4.77. The van der Waals surface area contributed by atoms with Crippen molar-refractivity contribution >= 4 is 5.69 Å². The number of pyridine rings is 1. The highest BCUT2D eigenvalue weighted by molar-refractivity contribution is 5.61. The molecule has 0 spiro atoms. The Balaban J connectivity index is 2.44. The Labute approximate surface area is 128 Å². The Morgan fingerprint density at radius 1 is 0.905 bits per heavy atom. The van der Waals surface area contributed by atoms with E-state index < -0.39 is 0 Å². The molecule has 0 bridgehead atoms. The number of para-hydroxylation sites is 1. The summed E-state index contributed by atoms with van der Waals surface area (Å²) >= 11 is 0. The Bertz CT molecular complexity index is 607. The third-order valence-corrected chi connectivity index (χ3v) is 3.82. The van der Waals surface area contributed by atoms with Crippen molar-refractivity contribution in [3.05, 3.63) is 59.4 Å². The summed E-state index contributed by atoms with van der Waals surface area (Å²) in [6, 6.07) is 12.6. The molecular formula is C19H26N2. The summed E-state index contributed by atoms with van der Waals surface area (Å²) in [5, 5.41) is 3.72. The Kier molecular flexibility index (Phi) is 4.08. The standard InChI is InChI=1S/C19H26N2/c1-14-10-9-11-15(18(2,3)4)17(14)21-19(5,6)16-12-7-8-13-20-16/h7-13,21H,1-6H3. The van der Waals surface area contributed by atoms with Crippen LogP contribution in [0.15, 0.2) is 42.6 Å². The van der Waals surface area contributed by atoms with Crippen LogP contribution in [0.4, 0.5) is 5.69 Å². The number of aryl methyl sites for hydroxylation is 1. The molecule has 1 aromatic heterocycles. The van der Waals surface area contributed by atoms with Gasteiger partial charge in [0.05, 0.1) is 11.2 Å². The van der Waals surface area contributed by atoms with E-state index in [1.54, 1.807) is 0 Å². The van der Waals surface area contributed by atoms with Gasteiger partial charge in [0, 0.05) is 11.9 Å². The Morgan fingerprint density at radius 3 is 2.19 bits per heavy atom. The van der Waals surface area contributed by atoms with Crippen LogP contribution in [0, 0.1) is 6.92 Å². The number of benzene rings is 1. The SMILES string of the molecule is Cc1cccc(C(C)(C)C)c1NC(C)(C)c1ccccn1. The van der Waals surface area contributed by atoms with Gasteiger partial charge in [0.15, 0.2) is 0 Å². The summed E-state index contributed by atoms with van der Waals surface area (Å²) in [6.45, 7) is 13.3. The summed E-state index contributed by atoms with van der Waals surface area (Å²) in [5.74, 6) is 0. The van der Waals surface area contributed by atoms with E-state index in [0.29, 0.717) is 0 Å². The number of nitrogens with zero attached hydrogens (tertiary/aromatic N) is 1. The van der Waals surface area contributed by atoms with Crippen LogP contribution in [-0.2, 0) is 11.0 Å². The number of anilines is 1. The van der Waals surface area contributed by atoms with Crippen LogP contribution in [0.2, 0.25) is 0 Å².